The van der Waals surface area contributed by atoms with Crippen LogP contribution in [0.15, 0.2) is 12.1 Å². The molecule has 4 rings (SSSR count). The average molecular weight is 368 g/mol. The van der Waals surface area contributed by atoms with E-state index in [4.69, 9.17) is 9.47 Å². The number of ether oxygens (including phenoxy) is 2. The molecule has 26 heavy (non-hydrogen) atoms. The number of hydrogen-bond acceptors (Lipinski definition) is 2. The molecule has 144 valence electrons. The van der Waals surface area contributed by atoms with Gasteiger partial charge in [-0.1, -0.05) is 25.7 Å². The summed E-state index contributed by atoms with van der Waals surface area (Å²) in [5.74, 6) is -1.08. The summed E-state index contributed by atoms with van der Waals surface area (Å²) in [6, 6.07) is 1.91. The summed E-state index contributed by atoms with van der Waals surface area (Å²) in [6.45, 7) is 1.06. The predicted octanol–water partition coefficient (Wildman–Crippen LogP) is 5.76. The van der Waals surface area contributed by atoms with Gasteiger partial charge in [-0.2, -0.15) is 0 Å². The lowest BCUT2D eigenvalue weighted by atomic mass is 9.71. The lowest BCUT2D eigenvalue weighted by molar-refractivity contribution is -0.215. The second kappa shape index (κ2) is 7.89. The normalized spacial score (nSPS) is 33.5. The van der Waals surface area contributed by atoms with Gasteiger partial charge < -0.3 is 9.47 Å². The van der Waals surface area contributed by atoms with E-state index in [1.54, 1.807) is 0 Å². The Kier molecular flexibility index (Phi) is 5.55. The van der Waals surface area contributed by atoms with Crippen LogP contribution >= 0.6 is 0 Å². The van der Waals surface area contributed by atoms with E-state index in [0.29, 0.717) is 25.0 Å². The van der Waals surface area contributed by atoms with Crippen molar-refractivity contribution in [1.82, 2.24) is 0 Å². The second-order valence-corrected chi connectivity index (χ2v) is 8.28. The van der Waals surface area contributed by atoms with Crippen molar-refractivity contribution < 1.29 is 22.6 Å². The summed E-state index contributed by atoms with van der Waals surface area (Å²) in [5, 5.41) is 0. The Hall–Kier alpha value is -1.07. The fraction of sp³-hybridized carbons (Fsp3) is 0.714. The summed E-state index contributed by atoms with van der Waals surface area (Å²) in [5.41, 5.74) is 0.199. The van der Waals surface area contributed by atoms with Crippen molar-refractivity contribution in [3.05, 3.63) is 35.1 Å². The van der Waals surface area contributed by atoms with Gasteiger partial charge >= 0.3 is 0 Å². The van der Waals surface area contributed by atoms with Crippen molar-refractivity contribution >= 4 is 0 Å². The predicted molar refractivity (Wildman–Crippen MR) is 91.9 cm³/mol. The summed E-state index contributed by atoms with van der Waals surface area (Å²) in [4.78, 5) is 0. The molecule has 5 heteroatoms. The van der Waals surface area contributed by atoms with Gasteiger partial charge in [0, 0.05) is 11.5 Å². The minimum Gasteiger partial charge on any atom is -0.348 e. The van der Waals surface area contributed by atoms with E-state index in [9.17, 15) is 13.2 Å². The van der Waals surface area contributed by atoms with Gasteiger partial charge in [0.15, 0.2) is 23.7 Å². The minimum absolute atomic E-state index is 0.199. The molecule has 2 saturated carbocycles. The van der Waals surface area contributed by atoms with Crippen molar-refractivity contribution in [2.45, 2.75) is 57.7 Å². The molecule has 0 N–H and O–H groups in total. The maximum Gasteiger partial charge on any atom is 0.194 e. The Labute approximate surface area is 153 Å². The van der Waals surface area contributed by atoms with Crippen molar-refractivity contribution in [2.75, 3.05) is 13.2 Å². The van der Waals surface area contributed by atoms with Crippen LogP contribution in [0.25, 0.3) is 0 Å². The fourth-order valence-corrected chi connectivity index (χ4v) is 5.21. The quantitative estimate of drug-likeness (QED) is 0.631. The zero-order chi connectivity index (χ0) is 18.1. The summed E-state index contributed by atoms with van der Waals surface area (Å²) < 4.78 is 51.4. The third-order valence-electron chi connectivity index (χ3n) is 6.75. The molecular weight excluding hydrogens is 341 g/mol. The number of rotatable bonds is 3. The zero-order valence-electron chi connectivity index (χ0n) is 15.1. The molecular formula is C21H27F3O2. The van der Waals surface area contributed by atoms with Gasteiger partial charge in [0.05, 0.1) is 13.2 Å². The molecule has 1 aromatic rings. The Morgan fingerprint density at radius 2 is 1.12 bits per heavy atom. The Morgan fingerprint density at radius 1 is 0.654 bits per heavy atom. The van der Waals surface area contributed by atoms with Crippen LogP contribution in [0.3, 0.4) is 0 Å². The molecule has 0 radical (unpaired) electrons. The molecule has 0 aromatic heterocycles. The Bertz CT molecular complexity index is 591. The summed E-state index contributed by atoms with van der Waals surface area (Å²) in [7, 11) is 0. The van der Waals surface area contributed by atoms with E-state index in [2.05, 4.69) is 0 Å². The highest BCUT2D eigenvalue weighted by Gasteiger charge is 2.35. The minimum atomic E-state index is -1.46. The Morgan fingerprint density at radius 3 is 1.65 bits per heavy atom. The van der Waals surface area contributed by atoms with Crippen LogP contribution in [0.1, 0.15) is 63.2 Å². The van der Waals surface area contributed by atoms with E-state index in [1.165, 1.54) is 51.4 Å². The molecule has 1 saturated heterocycles. The van der Waals surface area contributed by atoms with E-state index in [1.807, 2.05) is 0 Å². The zero-order valence-corrected chi connectivity index (χ0v) is 15.1. The van der Waals surface area contributed by atoms with E-state index >= 15 is 0 Å². The van der Waals surface area contributed by atoms with Gasteiger partial charge in [0.25, 0.3) is 0 Å². The van der Waals surface area contributed by atoms with Crippen LogP contribution in [0, 0.1) is 41.1 Å². The molecule has 2 nitrogen and oxygen atoms in total. The molecule has 2 aliphatic carbocycles. The fourth-order valence-electron chi connectivity index (χ4n) is 5.21. The molecule has 1 aliphatic heterocycles. The number of benzene rings is 1. The molecule has 1 aromatic carbocycles. The monoisotopic (exact) mass is 368 g/mol. The van der Waals surface area contributed by atoms with Gasteiger partial charge in [-0.05, 0) is 55.6 Å². The molecule has 0 unspecified atom stereocenters. The molecule has 3 aliphatic rings. The first kappa shape index (κ1) is 18.3. The maximum absolute atomic E-state index is 13.4. The average Bonchev–Trinajstić information content (AvgIpc) is 3.21. The number of halogens is 3. The highest BCUT2D eigenvalue weighted by atomic mass is 19.2. The van der Waals surface area contributed by atoms with Gasteiger partial charge in [-0.15, -0.1) is 0 Å². The van der Waals surface area contributed by atoms with Gasteiger partial charge in [0.2, 0.25) is 0 Å². The topological polar surface area (TPSA) is 18.5 Å². The van der Waals surface area contributed by atoms with Crippen LogP contribution in [-0.2, 0) is 9.47 Å². The van der Waals surface area contributed by atoms with Crippen LogP contribution in [-0.4, -0.2) is 13.2 Å². The van der Waals surface area contributed by atoms with Gasteiger partial charge in [0.1, 0.15) is 0 Å². The maximum atomic E-state index is 13.4. The molecule has 0 atom stereocenters. The van der Waals surface area contributed by atoms with Crippen molar-refractivity contribution in [1.29, 1.82) is 0 Å². The lowest BCUT2D eigenvalue weighted by Gasteiger charge is -2.39. The smallest absolute Gasteiger partial charge is 0.194 e. The van der Waals surface area contributed by atoms with Crippen molar-refractivity contribution in [3.8, 4) is 0 Å². The van der Waals surface area contributed by atoms with Crippen LogP contribution in [0.5, 0.6) is 0 Å². The lowest BCUT2D eigenvalue weighted by Crippen LogP contribution is -2.35. The van der Waals surface area contributed by atoms with Crippen LogP contribution in [0.2, 0.25) is 0 Å². The standard InChI is InChI=1S/C21H27F3O2/c22-18-9-16(10-19(23)20(18)24)21-25-11-17(12-26-21)15-7-5-14(6-8-15)13-3-1-2-4-13/h9-10,13-15,17,21H,1-8,11-12H2. The molecule has 0 amide bonds. The molecule has 0 spiro atoms. The van der Waals surface area contributed by atoms with E-state index in [-0.39, 0.29) is 5.56 Å². The van der Waals surface area contributed by atoms with Crippen molar-refractivity contribution in [2.24, 2.45) is 23.7 Å². The van der Waals surface area contributed by atoms with E-state index in [0.717, 1.165) is 24.0 Å². The van der Waals surface area contributed by atoms with Gasteiger partial charge in [-0.25, -0.2) is 13.2 Å². The highest BCUT2D eigenvalue weighted by molar-refractivity contribution is 5.20. The third kappa shape index (κ3) is 3.79. The third-order valence-corrected chi connectivity index (χ3v) is 6.75. The summed E-state index contributed by atoms with van der Waals surface area (Å²) in [6.07, 6.45) is 9.89. The molecule has 3 fully saturated rings. The van der Waals surface area contributed by atoms with Crippen LogP contribution < -0.4 is 0 Å². The summed E-state index contributed by atoms with van der Waals surface area (Å²) >= 11 is 0. The Balaban J connectivity index is 1.29. The van der Waals surface area contributed by atoms with Gasteiger partial charge in [-0.3, -0.25) is 0 Å². The van der Waals surface area contributed by atoms with Crippen molar-refractivity contribution in [3.63, 3.8) is 0 Å². The number of hydrogen-bond donors (Lipinski definition) is 0. The largest absolute Gasteiger partial charge is 0.348 e. The second-order valence-electron chi connectivity index (χ2n) is 8.28. The van der Waals surface area contributed by atoms with Crippen LogP contribution in [0.4, 0.5) is 13.2 Å². The highest BCUT2D eigenvalue weighted by Crippen LogP contribution is 2.43. The first-order valence-corrected chi connectivity index (χ1v) is 9.99. The SMILES string of the molecule is Fc1cc(C2OCC(C3CCC(C4CCCC4)CC3)CO2)cc(F)c1F. The molecule has 1 heterocycles. The first-order valence-electron chi connectivity index (χ1n) is 9.99. The van der Waals surface area contributed by atoms with E-state index < -0.39 is 23.7 Å². The molecule has 0 bridgehead atoms. The first-order chi connectivity index (χ1) is 12.6.